The Morgan fingerprint density at radius 3 is 2.80 bits per heavy atom. The first-order chi connectivity index (χ1) is 9.52. The largest absolute Gasteiger partial charge is 0.439 e. The number of benzene rings is 1. The van der Waals surface area contributed by atoms with Crippen molar-refractivity contribution in [3.8, 4) is 11.6 Å². The van der Waals surface area contributed by atoms with E-state index in [0.717, 1.165) is 22.5 Å². The molecule has 0 bridgehead atoms. The van der Waals surface area contributed by atoms with Gasteiger partial charge in [0.1, 0.15) is 11.6 Å². The second-order valence-electron chi connectivity index (χ2n) is 5.69. The quantitative estimate of drug-likeness (QED) is 0.773. The van der Waals surface area contributed by atoms with E-state index in [1.54, 1.807) is 18.5 Å². The second kappa shape index (κ2) is 4.59. The summed E-state index contributed by atoms with van der Waals surface area (Å²) >= 11 is 0. The van der Waals surface area contributed by atoms with Crippen LogP contribution in [0, 0.1) is 0 Å². The fraction of sp³-hybridized carbons (Fsp3) is 0.267. The SMILES string of the molecule is CC(C)(C)c1nccc(Oc2ccc3cn[nH]c3c2)n1. The molecule has 1 N–H and O–H groups in total. The number of ether oxygens (including phenoxy) is 1. The van der Waals surface area contributed by atoms with Gasteiger partial charge in [-0.3, -0.25) is 5.10 Å². The van der Waals surface area contributed by atoms with Gasteiger partial charge in [0, 0.05) is 29.1 Å². The molecule has 3 aromatic rings. The van der Waals surface area contributed by atoms with Crippen LogP contribution in [0.1, 0.15) is 26.6 Å². The van der Waals surface area contributed by atoms with Crippen molar-refractivity contribution < 1.29 is 4.74 Å². The van der Waals surface area contributed by atoms with Crippen LogP contribution in [0.2, 0.25) is 0 Å². The van der Waals surface area contributed by atoms with Crippen molar-refractivity contribution >= 4 is 10.9 Å². The van der Waals surface area contributed by atoms with E-state index in [0.29, 0.717) is 5.88 Å². The molecule has 0 saturated heterocycles. The lowest BCUT2D eigenvalue weighted by atomic mass is 9.96. The molecule has 5 nitrogen and oxygen atoms in total. The van der Waals surface area contributed by atoms with Crippen LogP contribution in [0.5, 0.6) is 11.6 Å². The Labute approximate surface area is 117 Å². The molecule has 1 aromatic carbocycles. The number of fused-ring (bicyclic) bond motifs is 1. The normalized spacial score (nSPS) is 11.8. The van der Waals surface area contributed by atoms with Gasteiger partial charge in [0.15, 0.2) is 0 Å². The highest BCUT2D eigenvalue weighted by Crippen LogP contribution is 2.25. The maximum Gasteiger partial charge on any atom is 0.222 e. The molecule has 0 atom stereocenters. The molecule has 5 heteroatoms. The van der Waals surface area contributed by atoms with Gasteiger partial charge >= 0.3 is 0 Å². The second-order valence-corrected chi connectivity index (χ2v) is 5.69. The highest BCUT2D eigenvalue weighted by atomic mass is 16.5. The molecule has 0 aliphatic heterocycles. The predicted octanol–water partition coefficient (Wildman–Crippen LogP) is 3.44. The molecule has 2 aromatic heterocycles. The smallest absolute Gasteiger partial charge is 0.222 e. The minimum atomic E-state index is -0.104. The first kappa shape index (κ1) is 12.6. The lowest BCUT2D eigenvalue weighted by molar-refractivity contribution is 0.446. The number of H-pyrrole nitrogens is 1. The van der Waals surface area contributed by atoms with E-state index < -0.39 is 0 Å². The lowest BCUT2D eigenvalue weighted by Gasteiger charge is -2.16. The summed E-state index contributed by atoms with van der Waals surface area (Å²) in [4.78, 5) is 8.73. The molecular weight excluding hydrogens is 252 g/mol. The molecule has 0 unspecified atom stereocenters. The van der Waals surface area contributed by atoms with Crippen LogP contribution >= 0.6 is 0 Å². The molecule has 0 saturated carbocycles. The third-order valence-corrected chi connectivity index (χ3v) is 2.94. The van der Waals surface area contributed by atoms with Gasteiger partial charge in [-0.25, -0.2) is 4.98 Å². The number of rotatable bonds is 2. The van der Waals surface area contributed by atoms with E-state index >= 15 is 0 Å². The first-order valence-corrected chi connectivity index (χ1v) is 6.47. The molecule has 3 rings (SSSR count). The summed E-state index contributed by atoms with van der Waals surface area (Å²) in [5.74, 6) is 2.03. The Morgan fingerprint density at radius 1 is 1.15 bits per heavy atom. The number of nitrogens with zero attached hydrogens (tertiary/aromatic N) is 3. The van der Waals surface area contributed by atoms with E-state index in [1.165, 1.54) is 0 Å². The van der Waals surface area contributed by atoms with Crippen molar-refractivity contribution in [3.63, 3.8) is 0 Å². The maximum absolute atomic E-state index is 5.79. The van der Waals surface area contributed by atoms with Gasteiger partial charge in [-0.05, 0) is 12.1 Å². The number of aromatic nitrogens is 4. The van der Waals surface area contributed by atoms with E-state index in [9.17, 15) is 0 Å². The van der Waals surface area contributed by atoms with Crippen LogP contribution in [0.25, 0.3) is 10.9 Å². The number of hydrogen-bond donors (Lipinski definition) is 1. The zero-order valence-corrected chi connectivity index (χ0v) is 11.7. The topological polar surface area (TPSA) is 63.7 Å². The molecular formula is C15H16N4O. The van der Waals surface area contributed by atoms with Gasteiger partial charge in [-0.15, -0.1) is 0 Å². The van der Waals surface area contributed by atoms with Gasteiger partial charge in [-0.2, -0.15) is 10.1 Å². The van der Waals surface area contributed by atoms with Crippen LogP contribution in [-0.2, 0) is 5.41 Å². The zero-order chi connectivity index (χ0) is 14.2. The maximum atomic E-state index is 5.79. The van der Waals surface area contributed by atoms with Crippen molar-refractivity contribution in [2.45, 2.75) is 26.2 Å². The summed E-state index contributed by atoms with van der Waals surface area (Å²) in [7, 11) is 0. The zero-order valence-electron chi connectivity index (χ0n) is 11.7. The number of hydrogen-bond acceptors (Lipinski definition) is 4. The van der Waals surface area contributed by atoms with Crippen LogP contribution in [0.15, 0.2) is 36.7 Å². The summed E-state index contributed by atoms with van der Waals surface area (Å²) in [5, 5.41) is 7.96. The van der Waals surface area contributed by atoms with Crippen LogP contribution in [0.4, 0.5) is 0 Å². The monoisotopic (exact) mass is 268 g/mol. The van der Waals surface area contributed by atoms with E-state index in [4.69, 9.17) is 4.74 Å². The van der Waals surface area contributed by atoms with Crippen LogP contribution in [-0.4, -0.2) is 20.2 Å². The summed E-state index contributed by atoms with van der Waals surface area (Å²) in [6, 6.07) is 7.52. The average molecular weight is 268 g/mol. The van der Waals surface area contributed by atoms with Crippen LogP contribution in [0.3, 0.4) is 0 Å². The molecule has 0 aliphatic rings. The summed E-state index contributed by atoms with van der Waals surface area (Å²) in [5.41, 5.74) is 0.833. The predicted molar refractivity (Wildman–Crippen MR) is 76.9 cm³/mol. The van der Waals surface area contributed by atoms with E-state index in [2.05, 4.69) is 40.9 Å². The minimum absolute atomic E-state index is 0.104. The van der Waals surface area contributed by atoms with Gasteiger partial charge in [0.25, 0.3) is 0 Å². The highest BCUT2D eigenvalue weighted by Gasteiger charge is 2.17. The van der Waals surface area contributed by atoms with Crippen molar-refractivity contribution in [3.05, 3.63) is 42.5 Å². The highest BCUT2D eigenvalue weighted by molar-refractivity contribution is 5.79. The van der Waals surface area contributed by atoms with Gasteiger partial charge < -0.3 is 4.74 Å². The van der Waals surface area contributed by atoms with E-state index in [-0.39, 0.29) is 5.41 Å². The molecule has 0 radical (unpaired) electrons. The van der Waals surface area contributed by atoms with Crippen molar-refractivity contribution in [1.29, 1.82) is 0 Å². The van der Waals surface area contributed by atoms with Gasteiger partial charge in [-0.1, -0.05) is 20.8 Å². The molecule has 102 valence electrons. The average Bonchev–Trinajstić information content (AvgIpc) is 2.85. The molecule has 2 heterocycles. The van der Waals surface area contributed by atoms with Gasteiger partial charge in [0.05, 0.1) is 11.7 Å². The Bertz CT molecular complexity index is 743. The van der Waals surface area contributed by atoms with E-state index in [1.807, 2.05) is 18.2 Å². The minimum Gasteiger partial charge on any atom is -0.439 e. The summed E-state index contributed by atoms with van der Waals surface area (Å²) in [6.07, 6.45) is 3.50. The summed E-state index contributed by atoms with van der Waals surface area (Å²) in [6.45, 7) is 6.22. The lowest BCUT2D eigenvalue weighted by Crippen LogP contribution is -2.15. The Balaban J connectivity index is 1.90. The number of aromatic amines is 1. The Kier molecular flexibility index (Phi) is 2.89. The van der Waals surface area contributed by atoms with Gasteiger partial charge in [0.2, 0.25) is 5.88 Å². The Morgan fingerprint density at radius 2 is 2.00 bits per heavy atom. The van der Waals surface area contributed by atoms with Crippen molar-refractivity contribution in [2.24, 2.45) is 0 Å². The molecule has 0 spiro atoms. The fourth-order valence-corrected chi connectivity index (χ4v) is 1.86. The fourth-order valence-electron chi connectivity index (χ4n) is 1.86. The molecule has 0 aliphatic carbocycles. The number of nitrogens with one attached hydrogen (secondary N) is 1. The molecule has 0 fully saturated rings. The third-order valence-electron chi connectivity index (χ3n) is 2.94. The Hall–Kier alpha value is -2.43. The first-order valence-electron chi connectivity index (χ1n) is 6.47. The molecule has 20 heavy (non-hydrogen) atoms. The summed E-state index contributed by atoms with van der Waals surface area (Å²) < 4.78 is 5.79. The standard InChI is InChI=1S/C15H16N4O/c1-15(2,3)14-16-7-6-13(18-14)20-11-5-4-10-9-17-19-12(10)8-11/h4-9H,1-3H3,(H,17,19). The third kappa shape index (κ3) is 2.47. The van der Waals surface area contributed by atoms with Crippen LogP contribution < -0.4 is 4.74 Å². The van der Waals surface area contributed by atoms with Crippen molar-refractivity contribution in [2.75, 3.05) is 0 Å². The molecule has 0 amide bonds. The van der Waals surface area contributed by atoms with Crippen molar-refractivity contribution in [1.82, 2.24) is 20.2 Å².